The predicted molar refractivity (Wildman–Crippen MR) is 97.6 cm³/mol. The molecule has 1 fully saturated rings. The van der Waals surface area contributed by atoms with Crippen molar-refractivity contribution in [2.24, 2.45) is 17.4 Å². The zero-order chi connectivity index (χ0) is 19.4. The second-order valence-corrected chi connectivity index (χ2v) is 6.97. The average molecular weight is 368 g/mol. The van der Waals surface area contributed by atoms with Crippen LogP contribution in [0.25, 0.3) is 0 Å². The Bertz CT molecular complexity index is 496. The molecule has 8 heteroatoms. The van der Waals surface area contributed by atoms with Crippen molar-refractivity contribution in [1.82, 2.24) is 10.6 Å². The van der Waals surface area contributed by atoms with Crippen molar-refractivity contribution in [2.75, 3.05) is 6.54 Å². The van der Waals surface area contributed by atoms with Crippen LogP contribution in [0.3, 0.4) is 0 Å². The summed E-state index contributed by atoms with van der Waals surface area (Å²) < 4.78 is 0. The second-order valence-electron chi connectivity index (χ2n) is 6.97. The lowest BCUT2D eigenvalue weighted by molar-refractivity contribution is -0.138. The first-order valence-corrected chi connectivity index (χ1v) is 9.56. The minimum Gasteiger partial charge on any atom is -0.370 e. The third kappa shape index (κ3) is 8.94. The van der Waals surface area contributed by atoms with Gasteiger partial charge in [0.05, 0.1) is 18.5 Å². The van der Waals surface area contributed by atoms with E-state index < -0.39 is 23.8 Å². The molecule has 1 heterocycles. The fourth-order valence-corrected chi connectivity index (χ4v) is 3.25. The first-order valence-electron chi connectivity index (χ1n) is 9.56. The topological polar surface area (TPSA) is 144 Å². The van der Waals surface area contributed by atoms with Gasteiger partial charge >= 0.3 is 0 Å². The number of carbonyl (C=O) groups is 4. The van der Waals surface area contributed by atoms with Gasteiger partial charge in [0.25, 0.3) is 0 Å². The molecule has 2 unspecified atom stereocenters. The molecule has 26 heavy (non-hydrogen) atoms. The van der Waals surface area contributed by atoms with E-state index >= 15 is 0 Å². The molecule has 1 saturated heterocycles. The molecular formula is C18H32N4O4. The highest BCUT2D eigenvalue weighted by atomic mass is 16.2. The van der Waals surface area contributed by atoms with Crippen molar-refractivity contribution in [3.05, 3.63) is 0 Å². The smallest absolute Gasteiger partial charge is 0.244 e. The average Bonchev–Trinajstić information content (AvgIpc) is 2.56. The summed E-state index contributed by atoms with van der Waals surface area (Å²) in [5.74, 6) is -2.19. The molecule has 0 aliphatic carbocycles. The highest BCUT2D eigenvalue weighted by Crippen LogP contribution is 2.17. The van der Waals surface area contributed by atoms with E-state index in [1.165, 1.54) is 0 Å². The molecule has 6 N–H and O–H groups in total. The van der Waals surface area contributed by atoms with Crippen molar-refractivity contribution in [3.8, 4) is 0 Å². The fraction of sp³-hybridized carbons (Fsp3) is 0.778. The minimum absolute atomic E-state index is 0.0274. The summed E-state index contributed by atoms with van der Waals surface area (Å²) in [4.78, 5) is 45.3. The summed E-state index contributed by atoms with van der Waals surface area (Å²) in [5.41, 5.74) is 10.5. The highest BCUT2D eigenvalue weighted by Gasteiger charge is 2.35. The summed E-state index contributed by atoms with van der Waals surface area (Å²) in [6, 6.07) is -0.717. The van der Waals surface area contributed by atoms with Gasteiger partial charge in [-0.1, -0.05) is 51.4 Å². The lowest BCUT2D eigenvalue weighted by Gasteiger charge is -2.28. The molecule has 0 spiro atoms. The van der Waals surface area contributed by atoms with Gasteiger partial charge in [-0.15, -0.1) is 0 Å². The van der Waals surface area contributed by atoms with Gasteiger partial charge in [-0.2, -0.15) is 0 Å². The van der Waals surface area contributed by atoms with Crippen molar-refractivity contribution in [1.29, 1.82) is 0 Å². The molecule has 0 radical (unpaired) electrons. The molecule has 0 saturated carbocycles. The van der Waals surface area contributed by atoms with Gasteiger partial charge < -0.3 is 11.5 Å². The fourth-order valence-electron chi connectivity index (χ4n) is 3.25. The Hall–Kier alpha value is -1.96. The largest absolute Gasteiger partial charge is 0.370 e. The van der Waals surface area contributed by atoms with Crippen molar-refractivity contribution in [2.45, 2.75) is 76.7 Å². The van der Waals surface area contributed by atoms with E-state index in [0.29, 0.717) is 12.8 Å². The van der Waals surface area contributed by atoms with Crippen LogP contribution in [0.5, 0.6) is 0 Å². The van der Waals surface area contributed by atoms with Crippen LogP contribution >= 0.6 is 0 Å². The van der Waals surface area contributed by atoms with E-state index in [4.69, 9.17) is 11.5 Å². The van der Waals surface area contributed by atoms with E-state index in [1.807, 2.05) is 0 Å². The summed E-state index contributed by atoms with van der Waals surface area (Å²) in [5, 5.41) is 5.04. The van der Waals surface area contributed by atoms with Gasteiger partial charge in [-0.05, 0) is 12.8 Å². The van der Waals surface area contributed by atoms with Gasteiger partial charge in [0.15, 0.2) is 0 Å². The SMILES string of the molecule is NC(=O)CCCCCCCCCCCC(C(N)=O)C1NCC(=O)NC1=O. The summed E-state index contributed by atoms with van der Waals surface area (Å²) >= 11 is 0. The van der Waals surface area contributed by atoms with Crippen LogP contribution in [-0.4, -0.2) is 36.2 Å². The molecule has 2 atom stereocenters. The molecule has 0 aromatic heterocycles. The minimum atomic E-state index is -0.717. The number of primary amides is 2. The molecule has 0 aromatic carbocycles. The summed E-state index contributed by atoms with van der Waals surface area (Å²) in [6.45, 7) is 0.0274. The van der Waals surface area contributed by atoms with E-state index in [1.54, 1.807) is 0 Å². The Labute approximate surface area is 154 Å². The van der Waals surface area contributed by atoms with Gasteiger partial charge in [0.1, 0.15) is 0 Å². The van der Waals surface area contributed by atoms with Crippen LogP contribution < -0.4 is 22.1 Å². The number of unbranched alkanes of at least 4 members (excludes halogenated alkanes) is 8. The maximum atomic E-state index is 11.8. The number of amides is 4. The molecule has 0 bridgehead atoms. The number of nitrogens with two attached hydrogens (primary N) is 2. The summed E-state index contributed by atoms with van der Waals surface area (Å²) in [6.07, 6.45) is 10.4. The third-order valence-corrected chi connectivity index (χ3v) is 4.73. The lowest BCUT2D eigenvalue weighted by Crippen LogP contribution is -2.60. The monoisotopic (exact) mass is 368 g/mol. The number of nitrogens with one attached hydrogen (secondary N) is 2. The maximum absolute atomic E-state index is 11.8. The Morgan fingerprint density at radius 1 is 0.923 bits per heavy atom. The molecular weight excluding hydrogens is 336 g/mol. The first-order chi connectivity index (χ1) is 12.4. The predicted octanol–water partition coefficient (Wildman–Crippen LogP) is 0.479. The van der Waals surface area contributed by atoms with Crippen LogP contribution in [0.2, 0.25) is 0 Å². The quantitative estimate of drug-likeness (QED) is 0.260. The number of hydrogen-bond acceptors (Lipinski definition) is 5. The molecule has 1 aliphatic rings. The number of piperazine rings is 1. The molecule has 4 amide bonds. The van der Waals surface area contributed by atoms with Crippen molar-refractivity contribution < 1.29 is 19.2 Å². The lowest BCUT2D eigenvalue weighted by atomic mass is 9.90. The molecule has 148 valence electrons. The van der Waals surface area contributed by atoms with E-state index in [0.717, 1.165) is 57.8 Å². The Morgan fingerprint density at radius 2 is 1.46 bits per heavy atom. The van der Waals surface area contributed by atoms with Crippen LogP contribution in [0, 0.1) is 5.92 Å². The van der Waals surface area contributed by atoms with Crippen LogP contribution in [0.15, 0.2) is 0 Å². The normalized spacial score (nSPS) is 18.4. The van der Waals surface area contributed by atoms with E-state index in [-0.39, 0.29) is 18.4 Å². The molecule has 1 aliphatic heterocycles. The maximum Gasteiger partial charge on any atom is 0.244 e. The molecule has 8 nitrogen and oxygen atoms in total. The van der Waals surface area contributed by atoms with Crippen LogP contribution in [0.1, 0.15) is 70.6 Å². The van der Waals surface area contributed by atoms with Crippen molar-refractivity contribution >= 4 is 23.6 Å². The molecule has 0 aromatic rings. The third-order valence-electron chi connectivity index (χ3n) is 4.73. The number of rotatable bonds is 14. The zero-order valence-corrected chi connectivity index (χ0v) is 15.4. The first kappa shape index (κ1) is 22.1. The number of imide groups is 1. The van der Waals surface area contributed by atoms with Crippen molar-refractivity contribution in [3.63, 3.8) is 0 Å². The Balaban J connectivity index is 2.09. The number of carbonyl (C=O) groups excluding carboxylic acids is 4. The second kappa shape index (κ2) is 12.4. The van der Waals surface area contributed by atoms with E-state index in [9.17, 15) is 19.2 Å². The Morgan fingerprint density at radius 3 is 1.96 bits per heavy atom. The standard InChI is InChI=1S/C18H32N4O4/c19-14(23)11-9-7-5-3-1-2-4-6-8-10-13(17(20)25)16-18(26)22-15(24)12-21-16/h13,16,21H,1-12H2,(H2,19,23)(H2,20,25)(H,22,24,26). The van der Waals surface area contributed by atoms with Gasteiger partial charge in [-0.25, -0.2) is 0 Å². The van der Waals surface area contributed by atoms with Gasteiger partial charge in [-0.3, -0.25) is 29.8 Å². The van der Waals surface area contributed by atoms with Crippen LogP contribution in [-0.2, 0) is 19.2 Å². The molecule has 1 rings (SSSR count). The van der Waals surface area contributed by atoms with Gasteiger partial charge in [0, 0.05) is 6.42 Å². The number of hydrogen-bond donors (Lipinski definition) is 4. The zero-order valence-electron chi connectivity index (χ0n) is 15.4. The highest BCUT2D eigenvalue weighted by molar-refractivity contribution is 6.03. The Kier molecular flexibility index (Phi) is 10.5. The summed E-state index contributed by atoms with van der Waals surface area (Å²) in [7, 11) is 0. The van der Waals surface area contributed by atoms with Gasteiger partial charge in [0.2, 0.25) is 23.6 Å². The van der Waals surface area contributed by atoms with Crippen LogP contribution in [0.4, 0.5) is 0 Å². The van der Waals surface area contributed by atoms with E-state index in [2.05, 4.69) is 10.6 Å².